The molecule has 3 rings (SSSR count). The van der Waals surface area contributed by atoms with E-state index in [0.29, 0.717) is 17.0 Å². The fourth-order valence-electron chi connectivity index (χ4n) is 2.72. The Morgan fingerprint density at radius 2 is 1.86 bits per heavy atom. The predicted octanol–water partition coefficient (Wildman–Crippen LogP) is 1.76. The summed E-state index contributed by atoms with van der Waals surface area (Å²) in [5.74, 6) is -0.100. The Labute approximate surface area is 163 Å². The number of hydrogen-bond donors (Lipinski definition) is 2. The van der Waals surface area contributed by atoms with Crippen LogP contribution >= 0.6 is 0 Å². The van der Waals surface area contributed by atoms with Gasteiger partial charge < -0.3 is 15.4 Å². The van der Waals surface area contributed by atoms with E-state index in [2.05, 4.69) is 10.6 Å². The van der Waals surface area contributed by atoms with Gasteiger partial charge in [-0.1, -0.05) is 12.1 Å². The first kappa shape index (κ1) is 19.8. The van der Waals surface area contributed by atoms with Crippen LogP contribution in [0.15, 0.2) is 47.4 Å². The molecule has 148 valence electrons. The van der Waals surface area contributed by atoms with Crippen LogP contribution in [-0.2, 0) is 14.8 Å². The molecule has 0 spiro atoms. The Bertz CT molecular complexity index is 1020. The lowest BCUT2D eigenvalue weighted by Gasteiger charge is -2.19. The number of fused-ring (bicyclic) bond motifs is 1. The quantitative estimate of drug-likeness (QED) is 0.792. The minimum absolute atomic E-state index is 0.0866. The summed E-state index contributed by atoms with van der Waals surface area (Å²) in [5.41, 5.74) is 1.69. The normalized spacial score (nSPS) is 14.6. The zero-order valence-electron chi connectivity index (χ0n) is 15.7. The van der Waals surface area contributed by atoms with Gasteiger partial charge in [0.2, 0.25) is 10.0 Å². The SMILES string of the molecule is C[C@H](NC(=O)c1ccc2c(c1)OCC(=O)N2)c1ccc(S(=O)(=O)N(C)C)cc1. The molecule has 2 aromatic carbocycles. The van der Waals surface area contributed by atoms with E-state index in [-0.39, 0.29) is 29.4 Å². The van der Waals surface area contributed by atoms with Gasteiger partial charge in [-0.05, 0) is 42.8 Å². The van der Waals surface area contributed by atoms with Crippen LogP contribution in [-0.4, -0.2) is 45.2 Å². The average molecular weight is 403 g/mol. The zero-order valence-corrected chi connectivity index (χ0v) is 16.5. The molecule has 0 bridgehead atoms. The maximum absolute atomic E-state index is 12.5. The molecule has 0 saturated heterocycles. The van der Waals surface area contributed by atoms with Gasteiger partial charge in [0.05, 0.1) is 16.6 Å². The fourth-order valence-corrected chi connectivity index (χ4v) is 3.62. The summed E-state index contributed by atoms with van der Waals surface area (Å²) in [4.78, 5) is 24.0. The molecule has 0 aliphatic carbocycles. The smallest absolute Gasteiger partial charge is 0.262 e. The van der Waals surface area contributed by atoms with Crippen molar-refractivity contribution in [2.75, 3.05) is 26.0 Å². The standard InChI is InChI=1S/C19H21N3O5S/c1-12(13-4-7-15(8-5-13)28(25,26)22(2)3)20-19(24)14-6-9-16-17(10-14)27-11-18(23)21-16/h4-10,12H,11H2,1-3H3,(H,20,24)(H,21,23)/t12-/m0/s1. The predicted molar refractivity (Wildman–Crippen MR) is 104 cm³/mol. The maximum atomic E-state index is 12.5. The number of amides is 2. The van der Waals surface area contributed by atoms with Gasteiger partial charge in [0.1, 0.15) is 5.75 Å². The molecule has 1 aliphatic heterocycles. The Balaban J connectivity index is 1.72. The van der Waals surface area contributed by atoms with Crippen molar-refractivity contribution in [2.45, 2.75) is 17.9 Å². The van der Waals surface area contributed by atoms with Gasteiger partial charge in [0.25, 0.3) is 11.8 Å². The highest BCUT2D eigenvalue weighted by atomic mass is 32.2. The van der Waals surface area contributed by atoms with E-state index in [0.717, 1.165) is 9.87 Å². The first-order valence-electron chi connectivity index (χ1n) is 8.58. The number of nitrogens with zero attached hydrogens (tertiary/aromatic N) is 1. The zero-order chi connectivity index (χ0) is 20.5. The van der Waals surface area contributed by atoms with E-state index < -0.39 is 10.0 Å². The lowest BCUT2D eigenvalue weighted by Crippen LogP contribution is -2.28. The van der Waals surface area contributed by atoms with Crippen molar-refractivity contribution in [3.8, 4) is 5.75 Å². The van der Waals surface area contributed by atoms with Crippen molar-refractivity contribution in [2.24, 2.45) is 0 Å². The molecular formula is C19H21N3O5S. The van der Waals surface area contributed by atoms with Gasteiger partial charge in [-0.25, -0.2) is 12.7 Å². The topological polar surface area (TPSA) is 105 Å². The van der Waals surface area contributed by atoms with Crippen LogP contribution < -0.4 is 15.4 Å². The van der Waals surface area contributed by atoms with Crippen LogP contribution in [0, 0.1) is 0 Å². The summed E-state index contributed by atoms with van der Waals surface area (Å²) in [6, 6.07) is 10.8. The van der Waals surface area contributed by atoms with Gasteiger partial charge in [-0.15, -0.1) is 0 Å². The second-order valence-corrected chi connectivity index (χ2v) is 8.75. The molecule has 0 aromatic heterocycles. The third kappa shape index (κ3) is 4.00. The Morgan fingerprint density at radius 1 is 1.18 bits per heavy atom. The Morgan fingerprint density at radius 3 is 2.50 bits per heavy atom. The number of nitrogens with one attached hydrogen (secondary N) is 2. The first-order chi connectivity index (χ1) is 13.2. The number of anilines is 1. The van der Waals surface area contributed by atoms with E-state index in [1.165, 1.54) is 26.2 Å². The third-order valence-electron chi connectivity index (χ3n) is 4.38. The summed E-state index contributed by atoms with van der Waals surface area (Å²) < 4.78 is 30.7. The highest BCUT2D eigenvalue weighted by molar-refractivity contribution is 7.89. The maximum Gasteiger partial charge on any atom is 0.262 e. The van der Waals surface area contributed by atoms with E-state index in [4.69, 9.17) is 4.74 Å². The van der Waals surface area contributed by atoms with Gasteiger partial charge in [0.15, 0.2) is 6.61 Å². The highest BCUT2D eigenvalue weighted by Gasteiger charge is 2.20. The molecule has 2 N–H and O–H groups in total. The number of rotatable bonds is 5. The van der Waals surface area contributed by atoms with Gasteiger partial charge in [-0.3, -0.25) is 9.59 Å². The van der Waals surface area contributed by atoms with Crippen LogP contribution in [0.25, 0.3) is 0 Å². The van der Waals surface area contributed by atoms with Gasteiger partial charge >= 0.3 is 0 Å². The van der Waals surface area contributed by atoms with Crippen LogP contribution in [0.4, 0.5) is 5.69 Å². The molecule has 2 amide bonds. The lowest BCUT2D eigenvalue weighted by atomic mass is 10.1. The minimum Gasteiger partial charge on any atom is -0.482 e. The molecule has 2 aromatic rings. The number of carbonyl (C=O) groups is 2. The molecule has 28 heavy (non-hydrogen) atoms. The van der Waals surface area contributed by atoms with Crippen LogP contribution in [0.3, 0.4) is 0 Å². The van der Waals surface area contributed by atoms with Gasteiger partial charge in [-0.2, -0.15) is 0 Å². The van der Waals surface area contributed by atoms with Crippen molar-refractivity contribution in [3.05, 3.63) is 53.6 Å². The molecule has 9 heteroatoms. The summed E-state index contributed by atoms with van der Waals surface area (Å²) >= 11 is 0. The average Bonchev–Trinajstić information content (AvgIpc) is 2.67. The van der Waals surface area contributed by atoms with E-state index in [1.54, 1.807) is 30.3 Å². The Kier molecular flexibility index (Phi) is 5.39. The van der Waals surface area contributed by atoms with Crippen molar-refractivity contribution in [3.63, 3.8) is 0 Å². The highest BCUT2D eigenvalue weighted by Crippen LogP contribution is 2.28. The summed E-state index contributed by atoms with van der Waals surface area (Å²) in [7, 11) is -0.552. The van der Waals surface area contributed by atoms with Crippen molar-refractivity contribution < 1.29 is 22.7 Å². The molecule has 0 fully saturated rings. The molecule has 1 atom stereocenters. The molecule has 0 unspecified atom stereocenters. The molecule has 0 saturated carbocycles. The second-order valence-electron chi connectivity index (χ2n) is 6.60. The third-order valence-corrected chi connectivity index (χ3v) is 6.21. The van der Waals surface area contributed by atoms with E-state index in [9.17, 15) is 18.0 Å². The molecule has 0 radical (unpaired) electrons. The summed E-state index contributed by atoms with van der Waals surface area (Å²) in [5, 5.41) is 5.54. The number of sulfonamides is 1. The lowest BCUT2D eigenvalue weighted by molar-refractivity contribution is -0.118. The van der Waals surface area contributed by atoms with Gasteiger partial charge in [0, 0.05) is 19.7 Å². The summed E-state index contributed by atoms with van der Waals surface area (Å²) in [6.07, 6.45) is 0. The molecule has 1 heterocycles. The summed E-state index contributed by atoms with van der Waals surface area (Å²) in [6.45, 7) is 1.72. The monoisotopic (exact) mass is 403 g/mol. The molecular weight excluding hydrogens is 382 g/mol. The number of carbonyl (C=O) groups excluding carboxylic acids is 2. The number of ether oxygens (including phenoxy) is 1. The van der Waals surface area contributed by atoms with Crippen molar-refractivity contribution >= 4 is 27.5 Å². The Hall–Kier alpha value is -2.91. The van der Waals surface area contributed by atoms with Crippen LogP contribution in [0.5, 0.6) is 5.75 Å². The first-order valence-corrected chi connectivity index (χ1v) is 10.0. The van der Waals surface area contributed by atoms with Crippen LogP contribution in [0.1, 0.15) is 28.9 Å². The number of hydrogen-bond acceptors (Lipinski definition) is 5. The fraction of sp³-hybridized carbons (Fsp3) is 0.263. The van der Waals surface area contributed by atoms with Crippen molar-refractivity contribution in [1.29, 1.82) is 0 Å². The molecule has 1 aliphatic rings. The van der Waals surface area contributed by atoms with E-state index in [1.807, 2.05) is 6.92 Å². The second kappa shape index (κ2) is 7.61. The van der Waals surface area contributed by atoms with Crippen molar-refractivity contribution in [1.82, 2.24) is 9.62 Å². The molecule has 8 nitrogen and oxygen atoms in total. The minimum atomic E-state index is -3.50. The number of benzene rings is 2. The van der Waals surface area contributed by atoms with E-state index >= 15 is 0 Å². The largest absolute Gasteiger partial charge is 0.482 e. The van der Waals surface area contributed by atoms with Crippen LogP contribution in [0.2, 0.25) is 0 Å².